The SMILES string of the molecule is COC(=O)C1C(c2ccc(Cl)c(Cl)c2)CC23CCC2NC13. The molecular formula is C16H17Cl2NO2. The van der Waals surface area contributed by atoms with Crippen molar-refractivity contribution >= 4 is 29.2 Å². The van der Waals surface area contributed by atoms with Crippen molar-refractivity contribution in [2.45, 2.75) is 37.3 Å². The zero-order valence-corrected chi connectivity index (χ0v) is 13.2. The van der Waals surface area contributed by atoms with E-state index in [0.29, 0.717) is 21.5 Å². The molecule has 0 bridgehead atoms. The number of ether oxygens (including phenoxy) is 1. The number of rotatable bonds is 2. The lowest BCUT2D eigenvalue weighted by molar-refractivity contribution is -0.151. The monoisotopic (exact) mass is 325 g/mol. The Balaban J connectivity index is 1.72. The average molecular weight is 326 g/mol. The molecule has 1 aromatic carbocycles. The van der Waals surface area contributed by atoms with Crippen LogP contribution in [0.2, 0.25) is 10.0 Å². The third-order valence-electron chi connectivity index (χ3n) is 5.83. The van der Waals surface area contributed by atoms with E-state index in [-0.39, 0.29) is 23.8 Å². The molecule has 2 aliphatic carbocycles. The van der Waals surface area contributed by atoms with Crippen molar-refractivity contribution in [3.63, 3.8) is 0 Å². The standard InChI is InChI=1S/C16H17Cl2NO2/c1-21-15(20)13-9(8-2-3-10(17)11(18)6-8)7-16-5-4-12(16)19-14(13)16/h2-3,6,9,12-14,19H,4-5,7H2,1H3. The van der Waals surface area contributed by atoms with Crippen LogP contribution < -0.4 is 5.32 Å². The first-order chi connectivity index (χ1) is 10.1. The smallest absolute Gasteiger partial charge is 0.310 e. The van der Waals surface area contributed by atoms with E-state index in [1.165, 1.54) is 20.0 Å². The van der Waals surface area contributed by atoms with Crippen molar-refractivity contribution < 1.29 is 9.53 Å². The van der Waals surface area contributed by atoms with Crippen LogP contribution in [-0.2, 0) is 9.53 Å². The van der Waals surface area contributed by atoms with Gasteiger partial charge in [-0.15, -0.1) is 0 Å². The lowest BCUT2D eigenvalue weighted by atomic mass is 9.54. The van der Waals surface area contributed by atoms with Gasteiger partial charge in [-0.1, -0.05) is 29.3 Å². The fraction of sp³-hybridized carbons (Fsp3) is 0.562. The summed E-state index contributed by atoms with van der Waals surface area (Å²) in [7, 11) is 1.47. The zero-order valence-electron chi connectivity index (χ0n) is 11.7. The molecule has 5 heteroatoms. The highest BCUT2D eigenvalue weighted by atomic mass is 35.5. The maximum atomic E-state index is 12.3. The van der Waals surface area contributed by atoms with Crippen LogP contribution in [0.5, 0.6) is 0 Å². The van der Waals surface area contributed by atoms with Crippen LogP contribution in [0.4, 0.5) is 0 Å². The second-order valence-corrected chi connectivity index (χ2v) is 7.32. The van der Waals surface area contributed by atoms with Crippen LogP contribution in [-0.4, -0.2) is 25.2 Å². The Labute approximate surface area is 133 Å². The number of benzene rings is 1. The summed E-state index contributed by atoms with van der Waals surface area (Å²) >= 11 is 12.2. The number of hydrogen-bond donors (Lipinski definition) is 1. The third kappa shape index (κ3) is 1.74. The lowest BCUT2D eigenvalue weighted by Gasteiger charge is -2.62. The van der Waals surface area contributed by atoms with E-state index < -0.39 is 0 Å². The maximum absolute atomic E-state index is 12.3. The van der Waals surface area contributed by atoms with Crippen LogP contribution >= 0.6 is 23.2 Å². The van der Waals surface area contributed by atoms with Gasteiger partial charge in [0, 0.05) is 17.5 Å². The fourth-order valence-electron chi connectivity index (χ4n) is 4.67. The fourth-order valence-corrected chi connectivity index (χ4v) is 4.98. The quantitative estimate of drug-likeness (QED) is 0.847. The van der Waals surface area contributed by atoms with Gasteiger partial charge in [0.2, 0.25) is 0 Å². The largest absolute Gasteiger partial charge is 0.469 e. The molecule has 3 nitrogen and oxygen atoms in total. The first kappa shape index (κ1) is 13.9. The van der Waals surface area contributed by atoms with E-state index in [4.69, 9.17) is 27.9 Å². The first-order valence-electron chi connectivity index (χ1n) is 7.35. The maximum Gasteiger partial charge on any atom is 0.310 e. The lowest BCUT2D eigenvalue weighted by Crippen LogP contribution is -2.75. The van der Waals surface area contributed by atoms with Crippen molar-refractivity contribution in [1.82, 2.24) is 5.32 Å². The Kier molecular flexibility index (Phi) is 3.04. The molecule has 1 N–H and O–H groups in total. The van der Waals surface area contributed by atoms with Gasteiger partial charge in [0.1, 0.15) is 0 Å². The minimum absolute atomic E-state index is 0.120. The van der Waals surface area contributed by atoms with E-state index in [9.17, 15) is 4.79 Å². The first-order valence-corrected chi connectivity index (χ1v) is 8.11. The molecule has 0 radical (unpaired) electrons. The van der Waals surface area contributed by atoms with E-state index in [1.54, 1.807) is 0 Å². The molecule has 0 aromatic heterocycles. The van der Waals surface area contributed by atoms with Gasteiger partial charge in [0.05, 0.1) is 23.1 Å². The van der Waals surface area contributed by atoms with E-state index in [0.717, 1.165) is 12.0 Å². The van der Waals surface area contributed by atoms with Gasteiger partial charge >= 0.3 is 5.97 Å². The summed E-state index contributed by atoms with van der Waals surface area (Å²) in [6.45, 7) is 0. The Morgan fingerprint density at radius 1 is 1.38 bits per heavy atom. The molecule has 3 aliphatic rings. The number of methoxy groups -OCH3 is 1. The molecule has 3 fully saturated rings. The van der Waals surface area contributed by atoms with Gasteiger partial charge in [-0.05, 0) is 42.9 Å². The molecule has 1 heterocycles. The van der Waals surface area contributed by atoms with Crippen LogP contribution in [0, 0.1) is 11.3 Å². The summed E-state index contributed by atoms with van der Waals surface area (Å²) < 4.78 is 5.06. The van der Waals surface area contributed by atoms with Gasteiger partial charge in [-0.2, -0.15) is 0 Å². The molecule has 5 unspecified atom stereocenters. The molecule has 0 amide bonds. The summed E-state index contributed by atoms with van der Waals surface area (Å²) in [5, 5.41) is 4.66. The Hall–Kier alpha value is -0.770. The molecule has 1 spiro atoms. The molecule has 1 saturated heterocycles. The predicted molar refractivity (Wildman–Crippen MR) is 81.7 cm³/mol. The summed E-state index contributed by atoms with van der Waals surface area (Å²) in [4.78, 5) is 12.3. The van der Waals surface area contributed by atoms with Crippen molar-refractivity contribution in [2.75, 3.05) is 7.11 Å². The molecule has 1 aromatic rings. The summed E-state index contributed by atoms with van der Waals surface area (Å²) in [5.74, 6) is -0.0791. The highest BCUT2D eigenvalue weighted by molar-refractivity contribution is 6.42. The number of piperidine rings is 1. The highest BCUT2D eigenvalue weighted by Crippen LogP contribution is 2.65. The third-order valence-corrected chi connectivity index (χ3v) is 6.57. The Bertz CT molecular complexity index is 620. The second-order valence-electron chi connectivity index (χ2n) is 6.50. The zero-order chi connectivity index (χ0) is 14.8. The molecule has 21 heavy (non-hydrogen) atoms. The molecule has 4 rings (SSSR count). The van der Waals surface area contributed by atoms with E-state index in [1.807, 2.05) is 18.2 Å². The van der Waals surface area contributed by atoms with Gasteiger partial charge < -0.3 is 10.1 Å². The number of nitrogens with one attached hydrogen (secondary N) is 1. The summed E-state index contributed by atoms with van der Waals surface area (Å²) in [6.07, 6.45) is 3.46. The van der Waals surface area contributed by atoms with Crippen molar-refractivity contribution in [2.24, 2.45) is 11.3 Å². The van der Waals surface area contributed by atoms with Gasteiger partial charge in [-0.25, -0.2) is 0 Å². The van der Waals surface area contributed by atoms with Crippen LogP contribution in [0.25, 0.3) is 0 Å². The minimum Gasteiger partial charge on any atom is -0.469 e. The number of halogens is 2. The Morgan fingerprint density at radius 2 is 2.19 bits per heavy atom. The van der Waals surface area contributed by atoms with E-state index >= 15 is 0 Å². The number of carbonyl (C=O) groups is 1. The van der Waals surface area contributed by atoms with Crippen molar-refractivity contribution in [3.8, 4) is 0 Å². The van der Waals surface area contributed by atoms with Gasteiger partial charge in [0.25, 0.3) is 0 Å². The predicted octanol–water partition coefficient (Wildman–Crippen LogP) is 3.39. The van der Waals surface area contributed by atoms with Gasteiger partial charge in [0.15, 0.2) is 0 Å². The molecule has 1 aliphatic heterocycles. The topological polar surface area (TPSA) is 38.3 Å². The average Bonchev–Trinajstić information content (AvgIpc) is 2.80. The molecule has 2 saturated carbocycles. The van der Waals surface area contributed by atoms with Crippen LogP contribution in [0.3, 0.4) is 0 Å². The van der Waals surface area contributed by atoms with Crippen LogP contribution in [0.15, 0.2) is 18.2 Å². The summed E-state index contributed by atoms with van der Waals surface area (Å²) in [6, 6.07) is 6.55. The minimum atomic E-state index is -0.121. The number of esters is 1. The van der Waals surface area contributed by atoms with Crippen molar-refractivity contribution in [3.05, 3.63) is 33.8 Å². The molecular weight excluding hydrogens is 309 g/mol. The van der Waals surface area contributed by atoms with E-state index in [2.05, 4.69) is 5.32 Å². The Morgan fingerprint density at radius 3 is 2.76 bits per heavy atom. The molecule has 5 atom stereocenters. The number of hydrogen-bond acceptors (Lipinski definition) is 3. The van der Waals surface area contributed by atoms with Gasteiger partial charge in [-0.3, -0.25) is 4.79 Å². The van der Waals surface area contributed by atoms with Crippen molar-refractivity contribution in [1.29, 1.82) is 0 Å². The highest BCUT2D eigenvalue weighted by Gasteiger charge is 2.69. The number of carbonyl (C=O) groups excluding carboxylic acids is 1. The summed E-state index contributed by atoms with van der Waals surface area (Å²) in [5.41, 5.74) is 1.39. The normalized spacial score (nSPS) is 39.8. The second kappa shape index (κ2) is 4.61. The van der Waals surface area contributed by atoms with Crippen LogP contribution in [0.1, 0.15) is 30.7 Å². The molecule has 112 valence electrons.